The van der Waals surface area contributed by atoms with E-state index in [2.05, 4.69) is 21.0 Å². The molecular formula is C24H27N3O5S2. The first-order chi connectivity index (χ1) is 16.5. The molecular weight excluding hydrogens is 474 g/mol. The van der Waals surface area contributed by atoms with E-state index in [0.717, 1.165) is 13.1 Å². The molecule has 2 N–H and O–H groups in total. The van der Waals surface area contributed by atoms with Gasteiger partial charge in [0.05, 0.1) is 36.9 Å². The number of anilines is 1. The lowest BCUT2D eigenvalue weighted by Gasteiger charge is -2.34. The van der Waals surface area contributed by atoms with E-state index < -0.39 is 10.0 Å². The van der Waals surface area contributed by atoms with E-state index in [1.54, 1.807) is 35.6 Å². The number of nitrogens with one attached hydrogen (secondary N) is 2. The van der Waals surface area contributed by atoms with Crippen molar-refractivity contribution in [2.24, 2.45) is 0 Å². The number of morpholine rings is 1. The molecule has 8 nitrogen and oxygen atoms in total. The Hall–Kier alpha value is -2.92. The largest absolute Gasteiger partial charge is 0.495 e. The van der Waals surface area contributed by atoms with Crippen molar-refractivity contribution in [2.45, 2.75) is 10.9 Å². The van der Waals surface area contributed by atoms with Crippen LogP contribution in [-0.2, 0) is 14.8 Å². The van der Waals surface area contributed by atoms with Gasteiger partial charge < -0.3 is 14.8 Å². The number of amides is 1. The Morgan fingerprint density at radius 3 is 2.50 bits per heavy atom. The smallest absolute Gasteiger partial charge is 0.262 e. The van der Waals surface area contributed by atoms with Gasteiger partial charge in [0, 0.05) is 30.1 Å². The van der Waals surface area contributed by atoms with Gasteiger partial charge in [-0.25, -0.2) is 8.42 Å². The summed E-state index contributed by atoms with van der Waals surface area (Å²) >= 11 is 1.66. The van der Waals surface area contributed by atoms with Crippen LogP contribution in [0.1, 0.15) is 21.3 Å². The molecule has 1 aromatic heterocycles. The Labute approximate surface area is 203 Å². The van der Waals surface area contributed by atoms with Crippen LogP contribution in [0.15, 0.2) is 70.9 Å². The number of thiophene rings is 1. The number of nitrogens with zero attached hydrogens (tertiary/aromatic N) is 1. The number of ether oxygens (including phenoxy) is 2. The molecule has 0 aliphatic carbocycles. The molecule has 180 valence electrons. The third-order valence-electron chi connectivity index (χ3n) is 5.59. The summed E-state index contributed by atoms with van der Waals surface area (Å²) in [6.07, 6.45) is 0. The van der Waals surface area contributed by atoms with E-state index >= 15 is 0 Å². The molecule has 0 unspecified atom stereocenters. The zero-order valence-electron chi connectivity index (χ0n) is 18.8. The van der Waals surface area contributed by atoms with Gasteiger partial charge in [-0.3, -0.25) is 14.4 Å². The Kier molecular flexibility index (Phi) is 7.84. The highest BCUT2D eigenvalue weighted by atomic mass is 32.2. The third kappa shape index (κ3) is 5.76. The molecule has 34 heavy (non-hydrogen) atoms. The monoisotopic (exact) mass is 501 g/mol. The molecule has 10 heteroatoms. The molecule has 3 aromatic rings. The standard InChI is InChI=1S/C24H27N3O5S2/c1-31-22-6-3-2-5-20(22)26-34(29,30)19-10-8-18(9-11-19)24(28)25-17-21(23-7-4-16-33-23)27-12-14-32-15-13-27/h2-11,16,21,26H,12-15,17H2,1H3,(H,25,28)/t21-/m1/s1. The molecule has 2 heterocycles. The van der Waals surface area contributed by atoms with Crippen molar-refractivity contribution in [2.75, 3.05) is 44.7 Å². The molecule has 1 amide bonds. The van der Waals surface area contributed by atoms with Crippen LogP contribution in [0.4, 0.5) is 5.69 Å². The molecule has 1 aliphatic heterocycles. The minimum atomic E-state index is -3.84. The van der Waals surface area contributed by atoms with Crippen molar-refractivity contribution in [1.29, 1.82) is 0 Å². The van der Waals surface area contributed by atoms with Gasteiger partial charge in [-0.2, -0.15) is 0 Å². The van der Waals surface area contributed by atoms with Gasteiger partial charge in [0.15, 0.2) is 0 Å². The minimum absolute atomic E-state index is 0.0553. The maximum Gasteiger partial charge on any atom is 0.262 e. The first kappa shape index (κ1) is 24.2. The van der Waals surface area contributed by atoms with Crippen LogP contribution in [-0.4, -0.2) is 59.2 Å². The quantitative estimate of drug-likeness (QED) is 0.467. The van der Waals surface area contributed by atoms with Gasteiger partial charge in [-0.05, 0) is 47.8 Å². The highest BCUT2D eigenvalue weighted by molar-refractivity contribution is 7.92. The van der Waals surface area contributed by atoms with Crippen molar-refractivity contribution >= 4 is 33.0 Å². The molecule has 1 atom stereocenters. The normalized spacial score (nSPS) is 15.4. The summed E-state index contributed by atoms with van der Waals surface area (Å²) in [6, 6.07) is 16.8. The first-order valence-electron chi connectivity index (χ1n) is 10.9. The van der Waals surface area contributed by atoms with Gasteiger partial charge in [0.25, 0.3) is 15.9 Å². The lowest BCUT2D eigenvalue weighted by atomic mass is 10.1. The highest BCUT2D eigenvalue weighted by Crippen LogP contribution is 2.27. The van der Waals surface area contributed by atoms with Gasteiger partial charge in [0.2, 0.25) is 0 Å². The number of methoxy groups -OCH3 is 1. The van der Waals surface area contributed by atoms with E-state index in [0.29, 0.717) is 36.8 Å². The Balaban J connectivity index is 1.42. The molecule has 0 spiro atoms. The van der Waals surface area contributed by atoms with Gasteiger partial charge in [0.1, 0.15) is 5.75 Å². The summed E-state index contributed by atoms with van der Waals surface area (Å²) < 4.78 is 38.8. The molecule has 0 radical (unpaired) electrons. The second-order valence-corrected chi connectivity index (χ2v) is 10.4. The minimum Gasteiger partial charge on any atom is -0.495 e. The summed E-state index contributed by atoms with van der Waals surface area (Å²) in [4.78, 5) is 16.4. The van der Waals surface area contributed by atoms with Crippen molar-refractivity contribution in [3.8, 4) is 5.75 Å². The number of rotatable bonds is 9. The van der Waals surface area contributed by atoms with E-state index in [4.69, 9.17) is 9.47 Å². The summed E-state index contributed by atoms with van der Waals surface area (Å²) in [6.45, 7) is 3.42. The van der Waals surface area contributed by atoms with Crippen LogP contribution in [0.25, 0.3) is 0 Å². The predicted molar refractivity (Wildman–Crippen MR) is 132 cm³/mol. The van der Waals surface area contributed by atoms with Crippen LogP contribution >= 0.6 is 11.3 Å². The van der Waals surface area contributed by atoms with E-state index in [9.17, 15) is 13.2 Å². The van der Waals surface area contributed by atoms with Crippen LogP contribution < -0.4 is 14.8 Å². The molecule has 0 bridgehead atoms. The van der Waals surface area contributed by atoms with Crippen molar-refractivity contribution in [3.63, 3.8) is 0 Å². The van der Waals surface area contributed by atoms with Gasteiger partial charge in [-0.15, -0.1) is 11.3 Å². The fourth-order valence-electron chi connectivity index (χ4n) is 3.79. The highest BCUT2D eigenvalue weighted by Gasteiger charge is 2.24. The first-order valence-corrected chi connectivity index (χ1v) is 13.2. The Bertz CT molecular complexity index is 1190. The van der Waals surface area contributed by atoms with E-state index in [1.165, 1.54) is 36.3 Å². The number of hydrogen-bond acceptors (Lipinski definition) is 7. The van der Waals surface area contributed by atoms with Gasteiger partial charge in [-0.1, -0.05) is 18.2 Å². The van der Waals surface area contributed by atoms with Gasteiger partial charge >= 0.3 is 0 Å². The van der Waals surface area contributed by atoms with Crippen LogP contribution in [0, 0.1) is 0 Å². The summed E-state index contributed by atoms with van der Waals surface area (Å²) in [7, 11) is -2.36. The number of para-hydroxylation sites is 2. The third-order valence-corrected chi connectivity index (χ3v) is 7.95. The summed E-state index contributed by atoms with van der Waals surface area (Å²) in [5.74, 6) is 0.166. The predicted octanol–water partition coefficient (Wildman–Crippen LogP) is 3.36. The zero-order valence-corrected chi connectivity index (χ0v) is 20.4. The van der Waals surface area contributed by atoms with Crippen LogP contribution in [0.2, 0.25) is 0 Å². The van der Waals surface area contributed by atoms with Crippen LogP contribution in [0.3, 0.4) is 0 Å². The second-order valence-electron chi connectivity index (χ2n) is 7.72. The fraction of sp³-hybridized carbons (Fsp3) is 0.292. The average molecular weight is 502 g/mol. The number of hydrogen-bond donors (Lipinski definition) is 2. The number of sulfonamides is 1. The zero-order chi connectivity index (χ0) is 24.0. The fourth-order valence-corrected chi connectivity index (χ4v) is 5.72. The summed E-state index contributed by atoms with van der Waals surface area (Å²) in [5.41, 5.74) is 0.734. The average Bonchev–Trinajstić information content (AvgIpc) is 3.39. The number of carbonyl (C=O) groups excluding carboxylic acids is 1. The topological polar surface area (TPSA) is 97.0 Å². The maximum absolute atomic E-state index is 12.8. The van der Waals surface area contributed by atoms with E-state index in [-0.39, 0.29) is 16.8 Å². The Morgan fingerprint density at radius 1 is 1.09 bits per heavy atom. The molecule has 1 fully saturated rings. The molecule has 0 saturated carbocycles. The van der Waals surface area contributed by atoms with Crippen molar-refractivity contribution in [1.82, 2.24) is 10.2 Å². The number of benzene rings is 2. The molecule has 2 aromatic carbocycles. The molecule has 1 saturated heterocycles. The maximum atomic E-state index is 12.8. The van der Waals surface area contributed by atoms with Crippen molar-refractivity contribution < 1.29 is 22.7 Å². The molecule has 1 aliphatic rings. The molecule has 4 rings (SSSR count). The second kappa shape index (κ2) is 11.0. The lowest BCUT2D eigenvalue weighted by molar-refractivity contribution is 0.0169. The lowest BCUT2D eigenvalue weighted by Crippen LogP contribution is -2.43. The summed E-state index contributed by atoms with van der Waals surface area (Å²) in [5, 5.41) is 5.03. The SMILES string of the molecule is COc1ccccc1NS(=O)(=O)c1ccc(C(=O)NC[C@H](c2cccs2)N2CCOCC2)cc1. The van der Waals surface area contributed by atoms with Crippen molar-refractivity contribution in [3.05, 3.63) is 76.5 Å². The Morgan fingerprint density at radius 2 is 1.82 bits per heavy atom. The van der Waals surface area contributed by atoms with Crippen LogP contribution in [0.5, 0.6) is 5.75 Å². The van der Waals surface area contributed by atoms with E-state index in [1.807, 2.05) is 11.4 Å². The number of carbonyl (C=O) groups is 1.